The van der Waals surface area contributed by atoms with Crippen LogP contribution in [0.4, 0.5) is 0 Å². The number of hydrogen-bond acceptors (Lipinski definition) is 13. The summed E-state index contributed by atoms with van der Waals surface area (Å²) < 4.78 is 29.6. The number of phenols is 1. The minimum atomic E-state index is -0.907. The Labute approximate surface area is 270 Å². The third-order valence-corrected chi connectivity index (χ3v) is 11.3. The molecular formula is C33H36N4O8S. The number of nitrogens with two attached hydrogens (primary N) is 1. The van der Waals surface area contributed by atoms with Gasteiger partial charge in [0.15, 0.2) is 23.0 Å². The Bertz CT molecular complexity index is 1710. The van der Waals surface area contributed by atoms with Crippen LogP contribution in [0.25, 0.3) is 0 Å². The molecule has 2 aromatic rings. The first kappa shape index (κ1) is 30.7. The highest BCUT2D eigenvalue weighted by Crippen LogP contribution is 2.64. The summed E-state index contributed by atoms with van der Waals surface area (Å²) in [6.45, 7) is 9.38. The Morgan fingerprint density at radius 1 is 1.24 bits per heavy atom. The summed E-state index contributed by atoms with van der Waals surface area (Å²) in [6, 6.07) is 1.15. The van der Waals surface area contributed by atoms with Crippen LogP contribution in [0.1, 0.15) is 57.6 Å². The molecule has 2 fully saturated rings. The average Bonchev–Trinajstić information content (AvgIpc) is 3.51. The smallest absolute Gasteiger partial charge is 0.323 e. The molecule has 0 spiro atoms. The Kier molecular flexibility index (Phi) is 7.59. The molecule has 0 radical (unpaired) electrons. The molecule has 5 aliphatic rings. The van der Waals surface area contributed by atoms with E-state index in [9.17, 15) is 20.0 Å². The zero-order valence-electron chi connectivity index (χ0n) is 26.1. The van der Waals surface area contributed by atoms with E-state index in [0.717, 1.165) is 11.1 Å². The van der Waals surface area contributed by atoms with Gasteiger partial charge in [-0.15, -0.1) is 18.3 Å². The van der Waals surface area contributed by atoms with Crippen molar-refractivity contribution in [2.45, 2.75) is 68.7 Å². The number of methoxy groups -OCH3 is 1. The molecule has 13 heteroatoms. The number of benzene rings is 2. The third kappa shape index (κ3) is 4.31. The second kappa shape index (κ2) is 11.4. The number of carbonyl (C=O) groups excluding carboxylic acids is 2. The van der Waals surface area contributed by atoms with E-state index in [2.05, 4.69) is 22.4 Å². The Hall–Kier alpha value is -3.96. The average molecular weight is 649 g/mol. The lowest BCUT2D eigenvalue weighted by molar-refractivity contribution is -0.150. The summed E-state index contributed by atoms with van der Waals surface area (Å²) in [7, 11) is 1.53. The molecule has 0 amide bonds. The SMILES string of the molecule is C=CCN1C2c3c(cc(C)c(OC)c3O)CC1[C@H](C#N)N1C2[C@@H]2SCC(N)C(=O)OC[C@@H]1c1c3c(c(C)c(OC(C)=O)c12)OCO3. The topological polar surface area (TPSA) is 157 Å². The maximum atomic E-state index is 13.0. The third-order valence-electron chi connectivity index (χ3n) is 9.85. The predicted molar refractivity (Wildman–Crippen MR) is 167 cm³/mol. The van der Waals surface area contributed by atoms with E-state index in [4.69, 9.17) is 29.4 Å². The van der Waals surface area contributed by atoms with Crippen LogP contribution < -0.4 is 24.7 Å². The lowest BCUT2D eigenvalue weighted by Gasteiger charge is -2.62. The number of thioether (sulfide) groups is 1. The lowest BCUT2D eigenvalue weighted by Crippen LogP contribution is -2.70. The number of nitriles is 1. The van der Waals surface area contributed by atoms with Crippen LogP contribution in [0.15, 0.2) is 18.7 Å². The zero-order chi connectivity index (χ0) is 32.6. The largest absolute Gasteiger partial charge is 0.504 e. The lowest BCUT2D eigenvalue weighted by atomic mass is 9.71. The number of ether oxygens (including phenoxy) is 5. The quantitative estimate of drug-likeness (QED) is 0.284. The van der Waals surface area contributed by atoms with Crippen molar-refractivity contribution in [3.05, 3.63) is 52.1 Å². The molecule has 4 unspecified atom stereocenters. The van der Waals surface area contributed by atoms with Gasteiger partial charge >= 0.3 is 11.9 Å². The molecule has 2 aromatic carbocycles. The number of fused-ring (bicyclic) bond motifs is 9. The molecular weight excluding hydrogens is 612 g/mol. The highest BCUT2D eigenvalue weighted by atomic mass is 32.2. The molecule has 7 rings (SSSR count). The van der Waals surface area contributed by atoms with Gasteiger partial charge in [-0.3, -0.25) is 19.4 Å². The summed E-state index contributed by atoms with van der Waals surface area (Å²) in [4.78, 5) is 30.0. The Morgan fingerprint density at radius 3 is 2.70 bits per heavy atom. The van der Waals surface area contributed by atoms with E-state index >= 15 is 0 Å². The molecule has 4 bridgehead atoms. The molecule has 0 saturated carbocycles. The van der Waals surface area contributed by atoms with Crippen molar-refractivity contribution < 1.29 is 38.4 Å². The van der Waals surface area contributed by atoms with Gasteiger partial charge in [-0.05, 0) is 31.4 Å². The van der Waals surface area contributed by atoms with Gasteiger partial charge in [0.05, 0.1) is 30.5 Å². The number of piperazine rings is 1. The second-order valence-electron chi connectivity index (χ2n) is 12.3. The van der Waals surface area contributed by atoms with Gasteiger partial charge < -0.3 is 34.5 Å². The Morgan fingerprint density at radius 2 is 2.00 bits per heavy atom. The Balaban J connectivity index is 1.58. The standard InChI is InChI=1S/C33H36N4O8S/c1-6-7-36-19-9-17-8-14(2)28(41-5)27(39)22(17)25(36)26-32-24-23(31-30(43-13-44-31)15(3)29(24)45-16(4)38)21(37(26)20(19)10-34)11-42-33(40)18(35)12-46-32/h6,8,18-21,25-26,32,39H,1,7,9,11-13,35H2,2-5H3/t18?,19?,20-,21+,25?,26?,32+/m0/s1. The van der Waals surface area contributed by atoms with Crippen molar-refractivity contribution in [3.8, 4) is 34.8 Å². The summed E-state index contributed by atoms with van der Waals surface area (Å²) in [5.74, 6) is 0.861. The molecule has 3 N–H and O–H groups in total. The first-order valence-corrected chi connectivity index (χ1v) is 16.3. The minimum absolute atomic E-state index is 0.0365. The van der Waals surface area contributed by atoms with Gasteiger partial charge in [-0.2, -0.15) is 5.26 Å². The maximum Gasteiger partial charge on any atom is 0.323 e. The van der Waals surface area contributed by atoms with E-state index in [-0.39, 0.29) is 30.9 Å². The number of aryl methyl sites for hydroxylation is 1. The summed E-state index contributed by atoms with van der Waals surface area (Å²) >= 11 is 1.43. The molecule has 12 nitrogen and oxygen atoms in total. The van der Waals surface area contributed by atoms with Crippen LogP contribution in [-0.4, -0.2) is 83.8 Å². The van der Waals surface area contributed by atoms with Gasteiger partial charge in [0.25, 0.3) is 0 Å². The first-order chi connectivity index (χ1) is 22.1. The fraction of sp³-hybridized carbons (Fsp3) is 0.485. The first-order valence-electron chi connectivity index (χ1n) is 15.2. The summed E-state index contributed by atoms with van der Waals surface area (Å²) in [6.07, 6.45) is 2.30. The van der Waals surface area contributed by atoms with Gasteiger partial charge in [-0.1, -0.05) is 12.1 Å². The summed E-state index contributed by atoms with van der Waals surface area (Å²) in [5.41, 5.74) is 10.8. The van der Waals surface area contributed by atoms with Crippen molar-refractivity contribution in [1.29, 1.82) is 5.26 Å². The number of esters is 2. The molecule has 0 aliphatic carbocycles. The van der Waals surface area contributed by atoms with Crippen LogP contribution in [0.2, 0.25) is 0 Å². The highest BCUT2D eigenvalue weighted by molar-refractivity contribution is 7.99. The van der Waals surface area contributed by atoms with Gasteiger partial charge in [0.1, 0.15) is 24.4 Å². The highest BCUT2D eigenvalue weighted by Gasteiger charge is 2.61. The summed E-state index contributed by atoms with van der Waals surface area (Å²) in [5, 5.41) is 22.3. The second-order valence-corrected chi connectivity index (χ2v) is 13.5. The maximum absolute atomic E-state index is 13.0. The molecule has 46 heavy (non-hydrogen) atoms. The van der Waals surface area contributed by atoms with E-state index < -0.39 is 47.4 Å². The van der Waals surface area contributed by atoms with Crippen LogP contribution in [0, 0.1) is 25.2 Å². The fourth-order valence-electron chi connectivity index (χ4n) is 8.23. The number of phenolic OH excluding ortho intramolecular Hbond substituents is 1. The molecule has 5 heterocycles. The van der Waals surface area contributed by atoms with Crippen LogP contribution in [0.5, 0.6) is 28.7 Å². The molecule has 242 valence electrons. The van der Waals surface area contributed by atoms with E-state index in [1.807, 2.05) is 19.9 Å². The van der Waals surface area contributed by atoms with Crippen LogP contribution in [-0.2, 0) is 20.7 Å². The molecule has 2 saturated heterocycles. The minimum Gasteiger partial charge on any atom is -0.504 e. The van der Waals surface area contributed by atoms with Gasteiger partial charge in [-0.25, -0.2) is 0 Å². The van der Waals surface area contributed by atoms with E-state index in [0.29, 0.717) is 58.2 Å². The number of cyclic esters (lactones) is 1. The van der Waals surface area contributed by atoms with Crippen molar-refractivity contribution in [2.75, 3.05) is 32.8 Å². The molecule has 5 aliphatic heterocycles. The molecule has 0 aromatic heterocycles. The van der Waals surface area contributed by atoms with E-state index in [1.54, 1.807) is 6.08 Å². The number of nitrogens with zero attached hydrogens (tertiary/aromatic N) is 3. The van der Waals surface area contributed by atoms with Gasteiger partial charge in [0.2, 0.25) is 6.79 Å². The number of aromatic hydroxyl groups is 1. The number of rotatable bonds is 4. The monoisotopic (exact) mass is 648 g/mol. The zero-order valence-corrected chi connectivity index (χ0v) is 26.9. The van der Waals surface area contributed by atoms with Crippen LogP contribution in [0.3, 0.4) is 0 Å². The van der Waals surface area contributed by atoms with Crippen LogP contribution >= 0.6 is 11.8 Å². The number of hydrogen-bond donors (Lipinski definition) is 2. The predicted octanol–water partition coefficient (Wildman–Crippen LogP) is 3.12. The number of carbonyl (C=O) groups is 2. The van der Waals surface area contributed by atoms with Gasteiger partial charge in [0, 0.05) is 53.6 Å². The van der Waals surface area contributed by atoms with Crippen molar-refractivity contribution in [2.24, 2.45) is 5.73 Å². The normalized spacial score (nSPS) is 29.5. The van der Waals surface area contributed by atoms with E-state index in [1.165, 1.54) is 25.8 Å². The van der Waals surface area contributed by atoms with Crippen molar-refractivity contribution >= 4 is 23.7 Å². The van der Waals surface area contributed by atoms with Crippen molar-refractivity contribution in [1.82, 2.24) is 9.80 Å². The van der Waals surface area contributed by atoms with Crippen molar-refractivity contribution in [3.63, 3.8) is 0 Å². The fourth-order valence-corrected chi connectivity index (χ4v) is 9.67. The molecule has 7 atom stereocenters.